The molecule has 1 aromatic rings. The minimum atomic E-state index is -4.96. The Kier molecular flexibility index (Phi) is 2.96. The Labute approximate surface area is 84.5 Å². The predicted molar refractivity (Wildman–Crippen MR) is 46.3 cm³/mol. The van der Waals surface area contributed by atoms with Crippen LogP contribution in [-0.4, -0.2) is 15.5 Å². The van der Waals surface area contributed by atoms with Gasteiger partial charge in [0.05, 0.1) is 12.1 Å². The highest BCUT2D eigenvalue weighted by Crippen LogP contribution is 2.30. The zero-order valence-corrected chi connectivity index (χ0v) is 8.49. The van der Waals surface area contributed by atoms with E-state index >= 15 is 0 Å². The molecule has 78 valence electrons. The van der Waals surface area contributed by atoms with Gasteiger partial charge >= 0.3 is 10.2 Å². The van der Waals surface area contributed by atoms with Crippen LogP contribution in [0.15, 0.2) is 17.0 Å². The van der Waals surface area contributed by atoms with Crippen molar-refractivity contribution in [2.24, 2.45) is 0 Å². The largest absolute Gasteiger partial charge is 0.495 e. The summed E-state index contributed by atoms with van der Waals surface area (Å²) in [5, 5.41) is -0.484. The van der Waals surface area contributed by atoms with E-state index in [9.17, 15) is 16.7 Å². The topological polar surface area (TPSA) is 43.4 Å². The predicted octanol–water partition coefficient (Wildman–Crippen LogP) is 2.15. The minimum Gasteiger partial charge on any atom is -0.495 e. The van der Waals surface area contributed by atoms with Gasteiger partial charge in [-0.05, 0) is 6.07 Å². The lowest BCUT2D eigenvalue weighted by atomic mass is 10.3. The van der Waals surface area contributed by atoms with Crippen molar-refractivity contribution in [2.75, 3.05) is 7.11 Å². The van der Waals surface area contributed by atoms with Gasteiger partial charge in [0.2, 0.25) is 0 Å². The summed E-state index contributed by atoms with van der Waals surface area (Å²) in [7, 11) is -3.87. The normalized spacial score (nSPS) is 11.4. The van der Waals surface area contributed by atoms with Crippen molar-refractivity contribution in [1.29, 1.82) is 0 Å². The molecule has 0 atom stereocenters. The third-order valence-electron chi connectivity index (χ3n) is 1.47. The van der Waals surface area contributed by atoms with E-state index in [2.05, 4.69) is 4.74 Å². The second kappa shape index (κ2) is 3.70. The van der Waals surface area contributed by atoms with Crippen molar-refractivity contribution < 1.29 is 21.4 Å². The molecule has 0 saturated carbocycles. The molecule has 0 N–H and O–H groups in total. The van der Waals surface area contributed by atoms with Gasteiger partial charge in [-0.25, -0.2) is 4.39 Å². The molecule has 0 heterocycles. The summed E-state index contributed by atoms with van der Waals surface area (Å²) in [5.41, 5.74) is 0. The van der Waals surface area contributed by atoms with Crippen molar-refractivity contribution in [3.8, 4) is 5.75 Å². The molecule has 0 fully saturated rings. The summed E-state index contributed by atoms with van der Waals surface area (Å²) in [6.45, 7) is 0. The SMILES string of the molecule is COc1cc(F)c(Cl)cc1S(=O)(=O)F. The summed E-state index contributed by atoms with van der Waals surface area (Å²) in [6.07, 6.45) is 0. The minimum absolute atomic E-state index is 0.422. The summed E-state index contributed by atoms with van der Waals surface area (Å²) in [5.74, 6) is -1.30. The number of methoxy groups -OCH3 is 1. The van der Waals surface area contributed by atoms with Crippen LogP contribution in [0.3, 0.4) is 0 Å². The summed E-state index contributed by atoms with van der Waals surface area (Å²) < 4.78 is 51.0. The lowest BCUT2D eigenvalue weighted by Gasteiger charge is -2.05. The summed E-state index contributed by atoms with van der Waals surface area (Å²) in [6, 6.07) is 1.36. The molecule has 0 aliphatic carbocycles. The molecule has 1 rings (SSSR count). The second-order valence-electron chi connectivity index (χ2n) is 2.36. The van der Waals surface area contributed by atoms with Gasteiger partial charge < -0.3 is 4.74 Å². The standard InChI is InChI=1S/C7H5ClF2O3S/c1-13-6-3-5(9)4(8)2-7(6)14(10,11)12/h2-3H,1H3. The number of ether oxygens (including phenoxy) is 1. The Hall–Kier alpha value is -0.880. The van der Waals surface area contributed by atoms with Gasteiger partial charge in [0, 0.05) is 6.07 Å². The maximum Gasteiger partial charge on any atom is 0.335 e. The number of halogens is 3. The molecule has 0 aromatic heterocycles. The van der Waals surface area contributed by atoms with E-state index in [1.54, 1.807) is 0 Å². The zero-order valence-electron chi connectivity index (χ0n) is 6.92. The van der Waals surface area contributed by atoms with E-state index in [1.807, 2.05) is 0 Å². The molecule has 7 heteroatoms. The third kappa shape index (κ3) is 2.13. The molecule has 0 aliphatic rings. The van der Waals surface area contributed by atoms with E-state index in [0.717, 1.165) is 7.11 Å². The average molecular weight is 243 g/mol. The molecule has 0 unspecified atom stereocenters. The summed E-state index contributed by atoms with van der Waals surface area (Å²) in [4.78, 5) is -0.786. The Bertz CT molecular complexity index is 458. The highest BCUT2D eigenvalue weighted by atomic mass is 35.5. The van der Waals surface area contributed by atoms with Crippen molar-refractivity contribution in [2.45, 2.75) is 4.90 Å². The second-order valence-corrected chi connectivity index (χ2v) is 4.08. The molecule has 0 bridgehead atoms. The van der Waals surface area contributed by atoms with Crippen molar-refractivity contribution in [3.05, 3.63) is 23.0 Å². The first kappa shape index (κ1) is 11.2. The Morgan fingerprint density at radius 3 is 2.43 bits per heavy atom. The Balaban J connectivity index is 3.51. The maximum absolute atomic E-state index is 12.8. The lowest BCUT2D eigenvalue weighted by molar-refractivity contribution is 0.397. The molecule has 0 saturated heterocycles. The quantitative estimate of drug-likeness (QED) is 0.747. The number of benzene rings is 1. The van der Waals surface area contributed by atoms with Gasteiger partial charge in [-0.2, -0.15) is 8.42 Å². The van der Waals surface area contributed by atoms with Crippen LogP contribution in [0.1, 0.15) is 0 Å². The molecular formula is C7H5ClF2O3S. The first-order valence-electron chi connectivity index (χ1n) is 3.34. The van der Waals surface area contributed by atoms with E-state index in [0.29, 0.717) is 12.1 Å². The first-order valence-corrected chi connectivity index (χ1v) is 5.10. The Morgan fingerprint density at radius 1 is 1.43 bits per heavy atom. The van der Waals surface area contributed by atoms with Crippen LogP contribution in [0.2, 0.25) is 5.02 Å². The van der Waals surface area contributed by atoms with Crippen molar-refractivity contribution in [1.82, 2.24) is 0 Å². The fourth-order valence-electron chi connectivity index (χ4n) is 0.860. The van der Waals surface area contributed by atoms with Gasteiger partial charge in [0.25, 0.3) is 0 Å². The molecule has 3 nitrogen and oxygen atoms in total. The number of hydrogen-bond acceptors (Lipinski definition) is 3. The van der Waals surface area contributed by atoms with Gasteiger partial charge in [-0.3, -0.25) is 0 Å². The van der Waals surface area contributed by atoms with E-state index in [-0.39, 0.29) is 0 Å². The molecular weight excluding hydrogens is 238 g/mol. The zero-order chi connectivity index (χ0) is 10.9. The van der Waals surface area contributed by atoms with Gasteiger partial charge in [0.1, 0.15) is 16.5 Å². The van der Waals surface area contributed by atoms with Crippen molar-refractivity contribution in [3.63, 3.8) is 0 Å². The first-order chi connectivity index (χ1) is 6.36. The summed E-state index contributed by atoms with van der Waals surface area (Å²) >= 11 is 5.29. The van der Waals surface area contributed by atoms with E-state index in [1.165, 1.54) is 0 Å². The smallest absolute Gasteiger partial charge is 0.335 e. The maximum atomic E-state index is 12.8. The van der Waals surface area contributed by atoms with Gasteiger partial charge in [-0.1, -0.05) is 11.6 Å². The fourth-order valence-corrected chi connectivity index (χ4v) is 1.73. The van der Waals surface area contributed by atoms with Crippen LogP contribution in [0.5, 0.6) is 5.75 Å². The Morgan fingerprint density at radius 2 is 2.00 bits per heavy atom. The molecule has 0 amide bonds. The van der Waals surface area contributed by atoms with Gasteiger partial charge in [0.15, 0.2) is 0 Å². The van der Waals surface area contributed by atoms with Crippen molar-refractivity contribution >= 4 is 21.8 Å². The number of rotatable bonds is 2. The van der Waals surface area contributed by atoms with Crippen LogP contribution in [0.25, 0.3) is 0 Å². The number of hydrogen-bond donors (Lipinski definition) is 0. The monoisotopic (exact) mass is 242 g/mol. The fraction of sp³-hybridized carbons (Fsp3) is 0.143. The molecule has 1 aromatic carbocycles. The molecule has 14 heavy (non-hydrogen) atoms. The van der Waals surface area contributed by atoms with Crippen LogP contribution < -0.4 is 4.74 Å². The van der Waals surface area contributed by atoms with Crippen LogP contribution in [-0.2, 0) is 10.2 Å². The molecule has 0 aliphatic heterocycles. The van der Waals surface area contributed by atoms with Gasteiger partial charge in [-0.15, -0.1) is 3.89 Å². The van der Waals surface area contributed by atoms with E-state index < -0.39 is 31.7 Å². The molecule has 0 radical (unpaired) electrons. The average Bonchev–Trinajstić information content (AvgIpc) is 2.07. The van der Waals surface area contributed by atoms with E-state index in [4.69, 9.17) is 11.6 Å². The lowest BCUT2D eigenvalue weighted by Crippen LogP contribution is -1.98. The highest BCUT2D eigenvalue weighted by Gasteiger charge is 2.20. The third-order valence-corrected chi connectivity index (χ3v) is 2.60. The van der Waals surface area contributed by atoms with Crippen LogP contribution in [0, 0.1) is 5.82 Å². The molecule has 0 spiro atoms. The van der Waals surface area contributed by atoms with Crippen LogP contribution >= 0.6 is 11.6 Å². The highest BCUT2D eigenvalue weighted by molar-refractivity contribution is 7.86. The van der Waals surface area contributed by atoms with Crippen LogP contribution in [0.4, 0.5) is 8.28 Å².